The van der Waals surface area contributed by atoms with Crippen molar-refractivity contribution in [3.63, 3.8) is 0 Å². The first kappa shape index (κ1) is 15.5. The van der Waals surface area contributed by atoms with E-state index >= 15 is 0 Å². The summed E-state index contributed by atoms with van der Waals surface area (Å²) in [6, 6.07) is 8.17. The van der Waals surface area contributed by atoms with E-state index in [0.29, 0.717) is 0 Å². The summed E-state index contributed by atoms with van der Waals surface area (Å²) in [5, 5.41) is 4.25. The van der Waals surface area contributed by atoms with Crippen LogP contribution in [0.1, 0.15) is 32.1 Å². The number of aryl methyl sites for hydroxylation is 1. The van der Waals surface area contributed by atoms with Gasteiger partial charge in [-0.3, -0.25) is 0 Å². The number of benzene rings is 1. The number of furan rings is 1. The molecule has 4 heteroatoms. The van der Waals surface area contributed by atoms with Crippen LogP contribution >= 0.6 is 23.4 Å². The Morgan fingerprint density at radius 1 is 1.25 bits per heavy atom. The van der Waals surface area contributed by atoms with Crippen LogP contribution in [0.25, 0.3) is 0 Å². The standard InChI is InChI=1S/C16H20ClNOS/c1-11-15(7-8-19-11)20-13-6-5-12(14(17)9-13)10-18-16(2,3)4/h5-9,18H,10H2,1-4H3. The van der Waals surface area contributed by atoms with Gasteiger partial charge in [-0.25, -0.2) is 0 Å². The Labute approximate surface area is 129 Å². The van der Waals surface area contributed by atoms with Gasteiger partial charge in [0.15, 0.2) is 0 Å². The predicted molar refractivity (Wildman–Crippen MR) is 85.6 cm³/mol. The molecule has 0 radical (unpaired) electrons. The van der Waals surface area contributed by atoms with Gasteiger partial charge in [0.1, 0.15) is 5.76 Å². The molecule has 2 rings (SSSR count). The summed E-state index contributed by atoms with van der Waals surface area (Å²) in [5.41, 5.74) is 1.21. The summed E-state index contributed by atoms with van der Waals surface area (Å²) in [6.45, 7) is 9.18. The minimum Gasteiger partial charge on any atom is -0.468 e. The van der Waals surface area contributed by atoms with E-state index in [-0.39, 0.29) is 5.54 Å². The van der Waals surface area contributed by atoms with Crippen molar-refractivity contribution in [3.8, 4) is 0 Å². The highest BCUT2D eigenvalue weighted by molar-refractivity contribution is 7.99. The Kier molecular flexibility index (Phi) is 4.84. The lowest BCUT2D eigenvalue weighted by molar-refractivity contribution is 0.424. The number of nitrogens with one attached hydrogen (secondary N) is 1. The Morgan fingerprint density at radius 2 is 2.00 bits per heavy atom. The van der Waals surface area contributed by atoms with Crippen molar-refractivity contribution in [1.82, 2.24) is 5.32 Å². The maximum absolute atomic E-state index is 6.36. The molecule has 108 valence electrons. The second-order valence-electron chi connectivity index (χ2n) is 5.80. The van der Waals surface area contributed by atoms with Crippen LogP contribution in [0.4, 0.5) is 0 Å². The van der Waals surface area contributed by atoms with Crippen LogP contribution in [0.5, 0.6) is 0 Å². The molecule has 1 heterocycles. The summed E-state index contributed by atoms with van der Waals surface area (Å²) in [4.78, 5) is 2.25. The molecule has 0 aliphatic rings. The molecule has 0 saturated heterocycles. The normalized spacial score (nSPS) is 11.8. The highest BCUT2D eigenvalue weighted by Crippen LogP contribution is 2.33. The predicted octanol–water partition coefficient (Wildman–Crippen LogP) is 5.28. The third-order valence-corrected chi connectivity index (χ3v) is 4.36. The molecule has 0 spiro atoms. The molecule has 0 unspecified atom stereocenters. The number of rotatable bonds is 4. The van der Waals surface area contributed by atoms with E-state index < -0.39 is 0 Å². The maximum atomic E-state index is 6.36. The molecule has 1 aromatic heterocycles. The molecule has 20 heavy (non-hydrogen) atoms. The van der Waals surface area contributed by atoms with Gasteiger partial charge in [0, 0.05) is 22.0 Å². The van der Waals surface area contributed by atoms with Gasteiger partial charge < -0.3 is 9.73 Å². The fourth-order valence-corrected chi connectivity index (χ4v) is 2.90. The highest BCUT2D eigenvalue weighted by Gasteiger charge is 2.11. The van der Waals surface area contributed by atoms with Gasteiger partial charge in [-0.05, 0) is 51.5 Å². The molecule has 2 aromatic rings. The zero-order valence-electron chi connectivity index (χ0n) is 12.3. The molecule has 0 saturated carbocycles. The molecule has 0 bridgehead atoms. The van der Waals surface area contributed by atoms with Gasteiger partial charge in [0.05, 0.1) is 11.2 Å². The first-order valence-corrected chi connectivity index (χ1v) is 7.80. The van der Waals surface area contributed by atoms with Crippen LogP contribution < -0.4 is 5.32 Å². The lowest BCUT2D eigenvalue weighted by Gasteiger charge is -2.21. The summed E-state index contributed by atoms with van der Waals surface area (Å²) < 4.78 is 5.30. The van der Waals surface area contributed by atoms with Crippen molar-refractivity contribution >= 4 is 23.4 Å². The molecule has 0 aliphatic carbocycles. The average molecular weight is 310 g/mol. The van der Waals surface area contributed by atoms with Crippen molar-refractivity contribution in [2.75, 3.05) is 0 Å². The van der Waals surface area contributed by atoms with E-state index in [9.17, 15) is 0 Å². The average Bonchev–Trinajstić information content (AvgIpc) is 2.73. The van der Waals surface area contributed by atoms with Crippen molar-refractivity contribution in [1.29, 1.82) is 0 Å². The van der Waals surface area contributed by atoms with E-state index in [1.165, 1.54) is 0 Å². The first-order valence-electron chi connectivity index (χ1n) is 6.60. The minimum atomic E-state index is 0.0880. The largest absolute Gasteiger partial charge is 0.468 e. The molecular weight excluding hydrogens is 290 g/mol. The lowest BCUT2D eigenvalue weighted by atomic mass is 10.1. The fraction of sp³-hybridized carbons (Fsp3) is 0.375. The van der Waals surface area contributed by atoms with Crippen LogP contribution in [-0.2, 0) is 6.54 Å². The summed E-state index contributed by atoms with van der Waals surface area (Å²) >= 11 is 8.03. The quantitative estimate of drug-likeness (QED) is 0.831. The maximum Gasteiger partial charge on any atom is 0.114 e. The molecule has 1 N–H and O–H groups in total. The zero-order chi connectivity index (χ0) is 14.8. The summed E-state index contributed by atoms with van der Waals surface area (Å²) in [7, 11) is 0. The van der Waals surface area contributed by atoms with Gasteiger partial charge in [0.2, 0.25) is 0 Å². The second-order valence-corrected chi connectivity index (χ2v) is 7.32. The Morgan fingerprint density at radius 3 is 2.55 bits per heavy atom. The number of hydrogen-bond acceptors (Lipinski definition) is 3. The van der Waals surface area contributed by atoms with E-state index in [1.807, 2.05) is 19.1 Å². The topological polar surface area (TPSA) is 25.2 Å². The van der Waals surface area contributed by atoms with Crippen molar-refractivity contribution in [3.05, 3.63) is 46.9 Å². The van der Waals surface area contributed by atoms with Crippen LogP contribution in [-0.4, -0.2) is 5.54 Å². The number of halogens is 1. The monoisotopic (exact) mass is 309 g/mol. The third-order valence-electron chi connectivity index (χ3n) is 2.87. The molecule has 2 nitrogen and oxygen atoms in total. The third kappa shape index (κ3) is 4.30. The fourth-order valence-electron chi connectivity index (χ4n) is 1.70. The van der Waals surface area contributed by atoms with Crippen molar-refractivity contribution in [2.45, 2.75) is 49.6 Å². The van der Waals surface area contributed by atoms with Gasteiger partial charge in [0.25, 0.3) is 0 Å². The van der Waals surface area contributed by atoms with E-state index in [4.69, 9.17) is 16.0 Å². The highest BCUT2D eigenvalue weighted by atomic mass is 35.5. The Hall–Kier alpha value is -0.900. The van der Waals surface area contributed by atoms with Gasteiger partial charge in [-0.15, -0.1) is 0 Å². The summed E-state index contributed by atoms with van der Waals surface area (Å²) in [5.74, 6) is 0.935. The molecule has 0 fully saturated rings. The van der Waals surface area contributed by atoms with Gasteiger partial charge >= 0.3 is 0 Å². The van der Waals surface area contributed by atoms with E-state index in [0.717, 1.165) is 32.7 Å². The smallest absolute Gasteiger partial charge is 0.114 e. The Balaban J connectivity index is 2.08. The van der Waals surface area contributed by atoms with E-state index in [2.05, 4.69) is 38.2 Å². The molecular formula is C16H20ClNOS. The van der Waals surface area contributed by atoms with Crippen LogP contribution in [0, 0.1) is 6.92 Å². The van der Waals surface area contributed by atoms with Crippen LogP contribution in [0.3, 0.4) is 0 Å². The minimum absolute atomic E-state index is 0.0880. The van der Waals surface area contributed by atoms with E-state index in [1.54, 1.807) is 18.0 Å². The molecule has 1 aromatic carbocycles. The van der Waals surface area contributed by atoms with Crippen molar-refractivity contribution in [2.24, 2.45) is 0 Å². The van der Waals surface area contributed by atoms with Gasteiger partial charge in [-0.1, -0.05) is 29.4 Å². The molecule has 0 aliphatic heterocycles. The molecule has 0 atom stereocenters. The molecule has 0 amide bonds. The lowest BCUT2D eigenvalue weighted by Crippen LogP contribution is -2.35. The van der Waals surface area contributed by atoms with Crippen molar-refractivity contribution < 1.29 is 4.42 Å². The second kappa shape index (κ2) is 6.25. The number of hydrogen-bond donors (Lipinski definition) is 1. The zero-order valence-corrected chi connectivity index (χ0v) is 13.9. The van der Waals surface area contributed by atoms with Gasteiger partial charge in [-0.2, -0.15) is 0 Å². The summed E-state index contributed by atoms with van der Waals surface area (Å²) in [6.07, 6.45) is 1.71. The van der Waals surface area contributed by atoms with Crippen LogP contribution in [0.2, 0.25) is 5.02 Å². The van der Waals surface area contributed by atoms with Crippen LogP contribution in [0.15, 0.2) is 44.7 Å². The SMILES string of the molecule is Cc1occc1Sc1ccc(CNC(C)(C)C)c(Cl)c1. The first-order chi connectivity index (χ1) is 9.35. The Bertz CT molecular complexity index is 586.